The number of nitrogens with one attached hydrogen (secondary N) is 2. The van der Waals surface area contributed by atoms with Crippen LogP contribution in [0, 0.1) is 0 Å². The van der Waals surface area contributed by atoms with Crippen LogP contribution >= 0.6 is 11.8 Å². The summed E-state index contributed by atoms with van der Waals surface area (Å²) >= 11 is 1.99. The number of carbonyl (C=O) groups is 1. The van der Waals surface area contributed by atoms with E-state index >= 15 is 0 Å². The van der Waals surface area contributed by atoms with Crippen molar-refractivity contribution in [1.82, 2.24) is 15.5 Å². The van der Waals surface area contributed by atoms with Gasteiger partial charge in [-0.3, -0.25) is 9.69 Å². The van der Waals surface area contributed by atoms with Crippen LogP contribution in [0.4, 0.5) is 0 Å². The first-order valence-corrected chi connectivity index (χ1v) is 7.30. The number of nitrogens with zero attached hydrogens (tertiary/aromatic N) is 1. The zero-order valence-corrected chi connectivity index (χ0v) is 10.5. The average Bonchev–Trinajstić information content (AvgIpc) is 2.31. The number of rotatable bonds is 3. The Kier molecular flexibility index (Phi) is 4.93. The largest absolute Gasteiger partial charge is 0.352 e. The van der Waals surface area contributed by atoms with E-state index in [0.717, 1.165) is 39.0 Å². The molecule has 0 aromatic heterocycles. The Morgan fingerprint density at radius 3 is 2.69 bits per heavy atom. The van der Waals surface area contributed by atoms with Gasteiger partial charge in [-0.1, -0.05) is 0 Å². The lowest BCUT2D eigenvalue weighted by Gasteiger charge is -2.28. The van der Waals surface area contributed by atoms with E-state index in [0.29, 0.717) is 12.6 Å². The molecule has 0 atom stereocenters. The fourth-order valence-electron chi connectivity index (χ4n) is 2.19. The lowest BCUT2D eigenvalue weighted by atomic mass is 10.1. The minimum atomic E-state index is 0.207. The van der Waals surface area contributed by atoms with Gasteiger partial charge in [-0.15, -0.1) is 0 Å². The smallest absolute Gasteiger partial charge is 0.234 e. The molecular weight excluding hydrogens is 222 g/mol. The molecule has 0 saturated carbocycles. The molecule has 0 radical (unpaired) electrons. The second kappa shape index (κ2) is 6.47. The standard InChI is InChI=1S/C11H21N3OS/c15-11(9-14-5-3-12-4-6-14)13-10-1-7-16-8-2-10/h10,12H,1-9H2,(H,13,15). The molecule has 0 aromatic carbocycles. The maximum absolute atomic E-state index is 11.8. The SMILES string of the molecule is O=C(CN1CCNCC1)NC1CCSCC1. The van der Waals surface area contributed by atoms with Crippen molar-refractivity contribution in [1.29, 1.82) is 0 Å². The van der Waals surface area contributed by atoms with E-state index in [9.17, 15) is 4.79 Å². The van der Waals surface area contributed by atoms with Gasteiger partial charge in [0.15, 0.2) is 0 Å². The summed E-state index contributed by atoms with van der Waals surface area (Å²) in [5.41, 5.74) is 0. The van der Waals surface area contributed by atoms with Gasteiger partial charge < -0.3 is 10.6 Å². The van der Waals surface area contributed by atoms with Gasteiger partial charge in [0.1, 0.15) is 0 Å². The zero-order chi connectivity index (χ0) is 11.2. The highest BCUT2D eigenvalue weighted by Gasteiger charge is 2.18. The van der Waals surface area contributed by atoms with Gasteiger partial charge in [-0.2, -0.15) is 11.8 Å². The minimum absolute atomic E-state index is 0.207. The molecule has 0 aliphatic carbocycles. The van der Waals surface area contributed by atoms with Crippen molar-refractivity contribution in [3.63, 3.8) is 0 Å². The first-order chi connectivity index (χ1) is 7.84. The molecule has 2 saturated heterocycles. The summed E-state index contributed by atoms with van der Waals surface area (Å²) in [5.74, 6) is 2.59. The molecule has 4 nitrogen and oxygen atoms in total. The number of amides is 1. The topological polar surface area (TPSA) is 44.4 Å². The van der Waals surface area contributed by atoms with Crippen LogP contribution in [0.2, 0.25) is 0 Å². The van der Waals surface area contributed by atoms with Gasteiger partial charge in [-0.05, 0) is 24.3 Å². The molecule has 2 aliphatic heterocycles. The lowest BCUT2D eigenvalue weighted by molar-refractivity contribution is -0.123. The highest BCUT2D eigenvalue weighted by atomic mass is 32.2. The van der Waals surface area contributed by atoms with Crippen LogP contribution in [0.15, 0.2) is 0 Å². The third-order valence-electron chi connectivity index (χ3n) is 3.16. The molecule has 2 aliphatic rings. The number of piperazine rings is 1. The van der Waals surface area contributed by atoms with E-state index in [1.807, 2.05) is 11.8 Å². The molecular formula is C11H21N3OS. The van der Waals surface area contributed by atoms with Crippen molar-refractivity contribution in [3.05, 3.63) is 0 Å². The molecule has 2 rings (SSSR count). The second-order valence-corrected chi connectivity index (χ2v) is 5.71. The molecule has 92 valence electrons. The second-order valence-electron chi connectivity index (χ2n) is 4.48. The quantitative estimate of drug-likeness (QED) is 0.727. The molecule has 0 spiro atoms. The summed E-state index contributed by atoms with van der Waals surface area (Å²) in [7, 11) is 0. The van der Waals surface area contributed by atoms with Crippen LogP contribution in [0.5, 0.6) is 0 Å². The minimum Gasteiger partial charge on any atom is -0.352 e. The zero-order valence-electron chi connectivity index (χ0n) is 9.71. The van der Waals surface area contributed by atoms with Gasteiger partial charge in [0.05, 0.1) is 6.54 Å². The Morgan fingerprint density at radius 2 is 2.00 bits per heavy atom. The molecule has 2 fully saturated rings. The van der Waals surface area contributed by atoms with E-state index in [1.165, 1.54) is 11.5 Å². The van der Waals surface area contributed by atoms with Gasteiger partial charge in [0.2, 0.25) is 5.91 Å². The highest BCUT2D eigenvalue weighted by molar-refractivity contribution is 7.99. The molecule has 0 unspecified atom stereocenters. The third-order valence-corrected chi connectivity index (χ3v) is 4.21. The summed E-state index contributed by atoms with van der Waals surface area (Å²) in [5, 5.41) is 6.45. The van der Waals surface area contributed by atoms with E-state index in [-0.39, 0.29) is 5.91 Å². The fraction of sp³-hybridized carbons (Fsp3) is 0.909. The monoisotopic (exact) mass is 243 g/mol. The molecule has 2 N–H and O–H groups in total. The first-order valence-electron chi connectivity index (χ1n) is 6.15. The van der Waals surface area contributed by atoms with Crippen LogP contribution in [0.1, 0.15) is 12.8 Å². The summed E-state index contributed by atoms with van der Waals surface area (Å²) in [6, 6.07) is 0.427. The first kappa shape index (κ1) is 12.2. The maximum atomic E-state index is 11.8. The highest BCUT2D eigenvalue weighted by Crippen LogP contribution is 2.16. The van der Waals surface area contributed by atoms with Gasteiger partial charge in [-0.25, -0.2) is 0 Å². The van der Waals surface area contributed by atoms with E-state index in [2.05, 4.69) is 15.5 Å². The van der Waals surface area contributed by atoms with Gasteiger partial charge in [0, 0.05) is 32.2 Å². The van der Waals surface area contributed by atoms with Crippen LogP contribution in [0.3, 0.4) is 0 Å². The summed E-state index contributed by atoms with van der Waals surface area (Å²) in [4.78, 5) is 14.0. The Hall–Kier alpha value is -0.260. The summed E-state index contributed by atoms with van der Waals surface area (Å²) in [6.07, 6.45) is 2.27. The summed E-state index contributed by atoms with van der Waals surface area (Å²) in [6.45, 7) is 4.58. The van der Waals surface area contributed by atoms with Gasteiger partial charge in [0.25, 0.3) is 0 Å². The number of carbonyl (C=O) groups excluding carboxylic acids is 1. The Bertz CT molecular complexity index is 203. The van der Waals surface area contributed by atoms with Crippen molar-refractivity contribution < 1.29 is 4.79 Å². The number of hydrogen-bond donors (Lipinski definition) is 2. The molecule has 5 heteroatoms. The van der Waals surface area contributed by atoms with Crippen LogP contribution in [-0.4, -0.2) is 61.1 Å². The predicted octanol–water partition coefficient (Wildman–Crippen LogP) is -0.0966. The molecule has 0 aromatic rings. The molecule has 1 amide bonds. The van der Waals surface area contributed by atoms with Crippen LogP contribution in [0.25, 0.3) is 0 Å². The van der Waals surface area contributed by atoms with Crippen molar-refractivity contribution in [2.45, 2.75) is 18.9 Å². The maximum Gasteiger partial charge on any atom is 0.234 e. The van der Waals surface area contributed by atoms with Gasteiger partial charge >= 0.3 is 0 Å². The van der Waals surface area contributed by atoms with Crippen molar-refractivity contribution in [3.8, 4) is 0 Å². The Labute approximate surface area is 102 Å². The van der Waals surface area contributed by atoms with Crippen molar-refractivity contribution >= 4 is 17.7 Å². The average molecular weight is 243 g/mol. The van der Waals surface area contributed by atoms with E-state index in [1.54, 1.807) is 0 Å². The van der Waals surface area contributed by atoms with E-state index in [4.69, 9.17) is 0 Å². The normalized spacial score (nSPS) is 24.2. The summed E-state index contributed by atoms with van der Waals surface area (Å²) < 4.78 is 0. The van der Waals surface area contributed by atoms with E-state index < -0.39 is 0 Å². The third kappa shape index (κ3) is 3.96. The Balaban J connectivity index is 1.66. The molecule has 2 heterocycles. The lowest BCUT2D eigenvalue weighted by Crippen LogP contribution is -2.49. The van der Waals surface area contributed by atoms with Crippen LogP contribution < -0.4 is 10.6 Å². The Morgan fingerprint density at radius 1 is 1.31 bits per heavy atom. The molecule has 16 heavy (non-hydrogen) atoms. The molecule has 0 bridgehead atoms. The predicted molar refractivity (Wildman–Crippen MR) is 67.8 cm³/mol. The van der Waals surface area contributed by atoms with Crippen LogP contribution in [-0.2, 0) is 4.79 Å². The van der Waals surface area contributed by atoms with Crippen molar-refractivity contribution in [2.75, 3.05) is 44.2 Å². The number of hydrogen-bond acceptors (Lipinski definition) is 4. The van der Waals surface area contributed by atoms with Crippen molar-refractivity contribution in [2.24, 2.45) is 0 Å². The number of thioether (sulfide) groups is 1. The fourth-order valence-corrected chi connectivity index (χ4v) is 3.29.